The smallest absolute Gasteiger partial charge is 0.183 e. The van der Waals surface area contributed by atoms with E-state index in [0.717, 1.165) is 36.1 Å². The highest BCUT2D eigenvalue weighted by molar-refractivity contribution is 5.96. The summed E-state index contributed by atoms with van der Waals surface area (Å²) in [4.78, 5) is 23.8. The van der Waals surface area contributed by atoms with Crippen LogP contribution in [0.1, 0.15) is 36.0 Å². The van der Waals surface area contributed by atoms with Gasteiger partial charge in [0.25, 0.3) is 0 Å². The normalized spacial score (nSPS) is 13.5. The van der Waals surface area contributed by atoms with Crippen LogP contribution in [-0.2, 0) is 0 Å². The van der Waals surface area contributed by atoms with Crippen molar-refractivity contribution in [2.75, 3.05) is 38.3 Å². The minimum absolute atomic E-state index is 0. The van der Waals surface area contributed by atoms with Crippen LogP contribution in [0.3, 0.4) is 0 Å². The Kier molecular flexibility index (Phi) is 10.3. The fraction of sp³-hybridized carbons (Fsp3) is 0.333. The number of halogens is 2. The predicted octanol–water partition coefficient (Wildman–Crippen LogP) is 5.32. The van der Waals surface area contributed by atoms with Crippen LogP contribution in [0.25, 0.3) is 22.6 Å². The van der Waals surface area contributed by atoms with Gasteiger partial charge in [-0.15, -0.1) is 12.4 Å². The molecule has 2 aromatic carbocycles. The van der Waals surface area contributed by atoms with Crippen molar-refractivity contribution in [2.45, 2.75) is 25.7 Å². The Balaban J connectivity index is 0.00000387. The number of Topliss-reactive ketones (excluding diaryl/α,β-unsaturated/α-hetero) is 1. The van der Waals surface area contributed by atoms with E-state index in [4.69, 9.17) is 15.2 Å². The van der Waals surface area contributed by atoms with E-state index in [1.807, 2.05) is 35.2 Å². The molecule has 0 aliphatic carbocycles. The summed E-state index contributed by atoms with van der Waals surface area (Å²) in [5.41, 5.74) is 8.73. The van der Waals surface area contributed by atoms with E-state index in [1.54, 1.807) is 31.5 Å². The maximum absolute atomic E-state index is 14.8. The average Bonchev–Trinajstić information content (AvgIpc) is 3.55. The molecule has 4 aromatic rings. The number of anilines is 1. The van der Waals surface area contributed by atoms with Crippen LogP contribution in [0.15, 0.2) is 60.9 Å². The monoisotopic (exact) mass is 580 g/mol. The first kappa shape index (κ1) is 30.0. The Morgan fingerprint density at radius 2 is 1.90 bits per heavy atom. The van der Waals surface area contributed by atoms with Gasteiger partial charge in [-0.25, -0.2) is 14.4 Å². The maximum atomic E-state index is 14.8. The van der Waals surface area contributed by atoms with E-state index >= 15 is 0 Å². The number of aromatic nitrogens is 4. The van der Waals surface area contributed by atoms with Gasteiger partial charge >= 0.3 is 0 Å². The summed E-state index contributed by atoms with van der Waals surface area (Å²) in [7, 11) is 1.56. The van der Waals surface area contributed by atoms with Crippen LogP contribution < -0.4 is 20.1 Å². The van der Waals surface area contributed by atoms with Crippen LogP contribution in [0.5, 0.6) is 11.5 Å². The lowest BCUT2D eigenvalue weighted by atomic mass is 9.90. The van der Waals surface area contributed by atoms with Crippen molar-refractivity contribution in [3.63, 3.8) is 0 Å². The molecule has 216 valence electrons. The molecular weight excluding hydrogens is 547 g/mol. The zero-order valence-electron chi connectivity index (χ0n) is 22.9. The molecule has 3 N–H and O–H groups in total. The number of hydrogen-bond donors (Lipinski definition) is 2. The number of piperidine rings is 1. The van der Waals surface area contributed by atoms with Gasteiger partial charge in [-0.05, 0) is 49.4 Å². The molecule has 0 unspecified atom stereocenters. The van der Waals surface area contributed by atoms with Gasteiger partial charge in [-0.1, -0.05) is 18.2 Å². The lowest BCUT2D eigenvalue weighted by molar-refractivity contribution is 0.0970. The van der Waals surface area contributed by atoms with Gasteiger partial charge in [0.05, 0.1) is 19.0 Å². The van der Waals surface area contributed by atoms with Crippen molar-refractivity contribution in [1.82, 2.24) is 20.2 Å². The molecule has 0 amide bonds. The fourth-order valence-electron chi connectivity index (χ4n) is 4.99. The van der Waals surface area contributed by atoms with Gasteiger partial charge in [0.15, 0.2) is 23.2 Å². The largest absolute Gasteiger partial charge is 0.497 e. The molecule has 0 bridgehead atoms. The third kappa shape index (κ3) is 7.39. The molecule has 9 nitrogen and oxygen atoms in total. The zero-order chi connectivity index (χ0) is 27.9. The number of nitrogens with two attached hydrogens (primary N) is 1. The average molecular weight is 581 g/mol. The molecule has 1 fully saturated rings. The lowest BCUT2D eigenvalue weighted by Gasteiger charge is -2.33. The van der Waals surface area contributed by atoms with Crippen molar-refractivity contribution >= 4 is 24.0 Å². The fourth-order valence-corrected chi connectivity index (χ4v) is 4.99. The Hall–Kier alpha value is -4.02. The molecule has 11 heteroatoms. The number of aromatic amines is 1. The molecule has 41 heavy (non-hydrogen) atoms. The molecule has 0 radical (unpaired) electrons. The summed E-state index contributed by atoms with van der Waals surface area (Å²) in [6.45, 7) is 2.08. The molecule has 1 saturated heterocycles. The van der Waals surface area contributed by atoms with Crippen molar-refractivity contribution in [3.05, 3.63) is 72.3 Å². The molecule has 1 aliphatic heterocycles. The van der Waals surface area contributed by atoms with E-state index in [2.05, 4.69) is 20.2 Å². The van der Waals surface area contributed by atoms with Crippen molar-refractivity contribution in [2.24, 2.45) is 11.7 Å². The van der Waals surface area contributed by atoms with E-state index in [9.17, 15) is 9.18 Å². The minimum atomic E-state index is -0.437. The first-order valence-electron chi connectivity index (χ1n) is 13.5. The molecule has 2 aromatic heterocycles. The summed E-state index contributed by atoms with van der Waals surface area (Å²) < 4.78 is 25.8. The Labute approximate surface area is 244 Å². The molecule has 1 aliphatic rings. The SMILES string of the molecule is COc1cc(OCCN)cc(C(=O)CCC2CCN(c3nc(-c4cccc(-c5ccn[nH]5)c4)ncc3F)CC2)c1.Cl. The number of methoxy groups -OCH3 is 1. The minimum Gasteiger partial charge on any atom is -0.497 e. The van der Waals surface area contributed by atoms with Gasteiger partial charge in [-0.2, -0.15) is 5.10 Å². The van der Waals surface area contributed by atoms with Crippen molar-refractivity contribution in [3.8, 4) is 34.1 Å². The number of ketones is 1. The quantitative estimate of drug-likeness (QED) is 0.229. The number of nitrogens with one attached hydrogen (secondary N) is 1. The van der Waals surface area contributed by atoms with E-state index in [1.165, 1.54) is 6.20 Å². The number of benzene rings is 2. The van der Waals surface area contributed by atoms with Crippen LogP contribution in [-0.4, -0.2) is 59.3 Å². The number of H-pyrrole nitrogens is 1. The van der Waals surface area contributed by atoms with Gasteiger partial charge in [-0.3, -0.25) is 9.89 Å². The second kappa shape index (κ2) is 14.0. The predicted molar refractivity (Wildman–Crippen MR) is 158 cm³/mol. The van der Waals surface area contributed by atoms with Crippen LogP contribution in [0.2, 0.25) is 0 Å². The third-order valence-electron chi connectivity index (χ3n) is 7.18. The Morgan fingerprint density at radius 1 is 1.12 bits per heavy atom. The van der Waals surface area contributed by atoms with Crippen molar-refractivity contribution < 1.29 is 18.7 Å². The highest BCUT2D eigenvalue weighted by Crippen LogP contribution is 2.30. The Bertz CT molecular complexity index is 1440. The van der Waals surface area contributed by atoms with Gasteiger partial charge in [0.1, 0.15) is 18.1 Å². The van der Waals surface area contributed by atoms with Crippen LogP contribution in [0.4, 0.5) is 10.2 Å². The number of hydrogen-bond acceptors (Lipinski definition) is 8. The van der Waals surface area contributed by atoms with E-state index < -0.39 is 5.82 Å². The molecule has 0 saturated carbocycles. The highest BCUT2D eigenvalue weighted by Gasteiger charge is 2.24. The summed E-state index contributed by atoms with van der Waals surface area (Å²) in [5.74, 6) is 1.91. The second-order valence-corrected chi connectivity index (χ2v) is 9.84. The topological polar surface area (TPSA) is 119 Å². The number of carbonyl (C=O) groups is 1. The van der Waals surface area contributed by atoms with E-state index in [0.29, 0.717) is 67.3 Å². The van der Waals surface area contributed by atoms with Crippen molar-refractivity contribution in [1.29, 1.82) is 0 Å². The highest BCUT2D eigenvalue weighted by atomic mass is 35.5. The third-order valence-corrected chi connectivity index (χ3v) is 7.18. The standard InChI is InChI=1S/C30H33FN6O3.ClH/c1-39-24-16-23(17-25(18-24)40-14-10-32)28(38)6-5-20-8-12-37(13-9-20)30-26(31)19-33-29(35-30)22-4-2-3-21(15-22)27-7-11-34-36-27;/h2-4,7,11,15-20H,5-6,8-10,12-14,32H2,1H3,(H,34,36);1H. The van der Waals surface area contributed by atoms with Gasteiger partial charge in [0, 0.05) is 55.0 Å². The maximum Gasteiger partial charge on any atom is 0.183 e. The number of nitrogens with zero attached hydrogens (tertiary/aromatic N) is 4. The molecular formula is C30H34ClFN6O3. The second-order valence-electron chi connectivity index (χ2n) is 9.84. The van der Waals surface area contributed by atoms with Crippen LogP contribution >= 0.6 is 12.4 Å². The number of ether oxygens (including phenoxy) is 2. The summed E-state index contributed by atoms with van der Waals surface area (Å²) in [6, 6.07) is 14.9. The number of carbonyl (C=O) groups excluding carboxylic acids is 1. The van der Waals surface area contributed by atoms with Gasteiger partial charge in [0.2, 0.25) is 0 Å². The summed E-state index contributed by atoms with van der Waals surface area (Å²) in [5, 5.41) is 6.96. The zero-order valence-corrected chi connectivity index (χ0v) is 23.7. The first-order valence-corrected chi connectivity index (χ1v) is 13.5. The van der Waals surface area contributed by atoms with E-state index in [-0.39, 0.29) is 18.2 Å². The summed E-state index contributed by atoms with van der Waals surface area (Å²) >= 11 is 0. The summed E-state index contributed by atoms with van der Waals surface area (Å²) in [6.07, 6.45) is 5.83. The Morgan fingerprint density at radius 3 is 2.63 bits per heavy atom. The van der Waals surface area contributed by atoms with Crippen LogP contribution in [0, 0.1) is 11.7 Å². The molecule has 5 rings (SSSR count). The van der Waals surface area contributed by atoms with Gasteiger partial charge < -0.3 is 20.1 Å². The lowest BCUT2D eigenvalue weighted by Crippen LogP contribution is -2.35. The molecule has 0 spiro atoms. The number of rotatable bonds is 11. The first-order chi connectivity index (χ1) is 19.5. The molecule has 3 heterocycles. The molecule has 0 atom stereocenters.